The number of carbonyl (C=O) groups is 2. The lowest BCUT2D eigenvalue weighted by molar-refractivity contribution is -0.275. The zero-order chi connectivity index (χ0) is 35.3. The summed E-state index contributed by atoms with van der Waals surface area (Å²) >= 11 is 6.46. The van der Waals surface area contributed by atoms with E-state index in [2.05, 4.69) is 4.74 Å². The number of methoxy groups -OCH3 is 2. The Morgan fingerprint density at radius 2 is 1.75 bits per heavy atom. The smallest absolute Gasteiger partial charge is 0.497 e. The van der Waals surface area contributed by atoms with Crippen LogP contribution in [0.1, 0.15) is 23.1 Å². The van der Waals surface area contributed by atoms with Crippen LogP contribution in [0, 0.1) is 0 Å². The van der Waals surface area contributed by atoms with Gasteiger partial charge in [-0.3, -0.25) is 14.5 Å². The molecule has 12 nitrogen and oxygen atoms in total. The van der Waals surface area contributed by atoms with E-state index >= 15 is 4.79 Å². The molecule has 0 saturated carbocycles. The van der Waals surface area contributed by atoms with Crippen LogP contribution in [0.25, 0.3) is 0 Å². The maximum absolute atomic E-state index is 15.3. The second-order valence-electron chi connectivity index (χ2n) is 11.3. The fraction of sp³-hybridized carbons (Fsp3) is 0.355. The van der Waals surface area contributed by atoms with Crippen LogP contribution in [-0.4, -0.2) is 93.6 Å². The van der Waals surface area contributed by atoms with E-state index in [0.29, 0.717) is 9.87 Å². The number of aliphatic hydroxyl groups excluding tert-OH is 2. The molecule has 2 aliphatic heterocycles. The normalized spacial score (nSPS) is 21.3. The van der Waals surface area contributed by atoms with Gasteiger partial charge in [0.2, 0.25) is 5.91 Å². The van der Waals surface area contributed by atoms with Crippen molar-refractivity contribution in [1.29, 1.82) is 0 Å². The number of alkyl halides is 3. The van der Waals surface area contributed by atoms with Crippen molar-refractivity contribution in [2.75, 3.05) is 39.2 Å². The van der Waals surface area contributed by atoms with Crippen molar-refractivity contribution in [2.24, 2.45) is 0 Å². The van der Waals surface area contributed by atoms with E-state index < -0.39 is 63.1 Å². The average Bonchev–Trinajstić information content (AvgIpc) is 3.53. The fourth-order valence-electron chi connectivity index (χ4n) is 6.26. The number of hydrogen-bond acceptors (Lipinski definition) is 10. The number of fused-ring (bicyclic) bond motifs is 1. The molecule has 17 heteroatoms. The molecule has 2 N–H and O–H groups in total. The third-order valence-electron chi connectivity index (χ3n) is 8.23. The van der Waals surface area contributed by atoms with Crippen molar-refractivity contribution in [1.82, 2.24) is 9.80 Å². The first-order chi connectivity index (χ1) is 22.5. The van der Waals surface area contributed by atoms with E-state index in [1.807, 2.05) is 0 Å². The summed E-state index contributed by atoms with van der Waals surface area (Å²) in [6.07, 6.45) is -6.63. The predicted molar refractivity (Wildman–Crippen MR) is 165 cm³/mol. The van der Waals surface area contributed by atoms with Gasteiger partial charge in [0.25, 0.3) is 15.9 Å². The zero-order valence-corrected chi connectivity index (χ0v) is 27.6. The van der Waals surface area contributed by atoms with Gasteiger partial charge in [0.1, 0.15) is 16.4 Å². The van der Waals surface area contributed by atoms with Crippen LogP contribution < -0.4 is 18.5 Å². The van der Waals surface area contributed by atoms with Crippen molar-refractivity contribution in [3.05, 3.63) is 76.3 Å². The highest BCUT2D eigenvalue weighted by Gasteiger charge is 2.64. The summed E-state index contributed by atoms with van der Waals surface area (Å²) in [6.45, 7) is -0.740. The van der Waals surface area contributed by atoms with Gasteiger partial charge in [-0.1, -0.05) is 23.7 Å². The van der Waals surface area contributed by atoms with Crippen LogP contribution in [0.15, 0.2) is 59.5 Å². The monoisotopic (exact) mass is 713 g/mol. The van der Waals surface area contributed by atoms with E-state index in [9.17, 15) is 36.6 Å². The number of anilines is 1. The molecule has 48 heavy (non-hydrogen) atoms. The second-order valence-corrected chi connectivity index (χ2v) is 13.5. The molecule has 5 rings (SSSR count). The van der Waals surface area contributed by atoms with Crippen molar-refractivity contribution < 1.29 is 55.6 Å². The first-order valence-electron chi connectivity index (χ1n) is 14.3. The molecule has 2 aliphatic rings. The average molecular weight is 714 g/mol. The lowest BCUT2D eigenvalue weighted by Gasteiger charge is -2.42. The van der Waals surface area contributed by atoms with E-state index in [4.69, 9.17) is 21.1 Å². The van der Waals surface area contributed by atoms with Gasteiger partial charge in [0, 0.05) is 42.9 Å². The maximum Gasteiger partial charge on any atom is 0.573 e. The van der Waals surface area contributed by atoms with Crippen LogP contribution in [0.4, 0.5) is 18.9 Å². The molecule has 0 radical (unpaired) electrons. The van der Waals surface area contributed by atoms with Crippen molar-refractivity contribution >= 4 is 39.1 Å². The topological polar surface area (TPSA) is 146 Å². The van der Waals surface area contributed by atoms with E-state index in [1.54, 1.807) is 0 Å². The minimum Gasteiger partial charge on any atom is -0.497 e. The molecule has 1 saturated heterocycles. The van der Waals surface area contributed by atoms with Crippen LogP contribution in [0.3, 0.4) is 0 Å². The van der Waals surface area contributed by atoms with Crippen LogP contribution in [0.2, 0.25) is 5.02 Å². The number of ether oxygens (including phenoxy) is 3. The van der Waals surface area contributed by atoms with Gasteiger partial charge in [-0.15, -0.1) is 13.2 Å². The number of rotatable bonds is 9. The number of benzene rings is 3. The second kappa shape index (κ2) is 12.7. The number of likely N-dealkylation sites (tertiary alicyclic amines) is 1. The number of carbonyl (C=O) groups excluding carboxylic acids is 2. The van der Waals surface area contributed by atoms with Gasteiger partial charge in [-0.25, -0.2) is 12.7 Å². The summed E-state index contributed by atoms with van der Waals surface area (Å²) in [5.41, 5.74) is -2.24. The van der Waals surface area contributed by atoms with Gasteiger partial charge in [-0.2, -0.15) is 0 Å². The maximum atomic E-state index is 15.3. The fourth-order valence-corrected chi connectivity index (χ4v) is 7.99. The molecule has 2 heterocycles. The van der Waals surface area contributed by atoms with E-state index in [1.165, 1.54) is 67.4 Å². The zero-order valence-electron chi connectivity index (χ0n) is 26.0. The highest BCUT2D eigenvalue weighted by Crippen LogP contribution is 2.55. The summed E-state index contributed by atoms with van der Waals surface area (Å²) < 4.78 is 84.8. The molecule has 0 bridgehead atoms. The van der Waals surface area contributed by atoms with Gasteiger partial charge >= 0.3 is 6.36 Å². The predicted octanol–water partition coefficient (Wildman–Crippen LogP) is 3.25. The Balaban J connectivity index is 1.87. The highest BCUT2D eigenvalue weighted by molar-refractivity contribution is 7.93. The molecule has 258 valence electrons. The van der Waals surface area contributed by atoms with Crippen molar-refractivity contribution in [2.45, 2.75) is 42.0 Å². The molecule has 2 amide bonds. The summed E-state index contributed by atoms with van der Waals surface area (Å²) in [7, 11) is 0.120. The minimum atomic E-state index is -5.33. The Hall–Kier alpha value is -4.09. The largest absolute Gasteiger partial charge is 0.573 e. The van der Waals surface area contributed by atoms with E-state index in [0.717, 1.165) is 25.3 Å². The summed E-state index contributed by atoms with van der Waals surface area (Å²) in [6, 6.07) is 9.54. The molecule has 0 aromatic heterocycles. The number of β-amino-alcohol motifs (C(OH)–C–C–N with tert-alkyl or cyclic N) is 1. The quantitative estimate of drug-likeness (QED) is 0.339. The molecule has 3 atom stereocenters. The Morgan fingerprint density at radius 3 is 2.35 bits per heavy atom. The number of hydrogen-bond donors (Lipinski definition) is 2. The Kier molecular flexibility index (Phi) is 9.35. The molecular formula is C31H31ClF3N3O9S. The number of amides is 2. The molecule has 1 fully saturated rings. The number of likely N-dealkylation sites (N-methyl/N-ethyl adjacent to an activating group) is 1. The Labute approximate surface area is 278 Å². The number of halogens is 4. The Morgan fingerprint density at radius 1 is 1.04 bits per heavy atom. The molecule has 3 aromatic rings. The summed E-state index contributed by atoms with van der Waals surface area (Å²) in [5.74, 6) is -3.07. The third-order valence-corrected chi connectivity index (χ3v) is 10.2. The van der Waals surface area contributed by atoms with Crippen molar-refractivity contribution in [3.8, 4) is 17.2 Å². The number of nitrogens with zero attached hydrogens (tertiary/aromatic N) is 3. The Bertz CT molecular complexity index is 1880. The lowest BCUT2D eigenvalue weighted by Crippen LogP contribution is -2.59. The highest BCUT2D eigenvalue weighted by atomic mass is 35.5. The van der Waals surface area contributed by atoms with Crippen molar-refractivity contribution in [3.63, 3.8) is 0 Å². The molecule has 0 spiro atoms. The van der Waals surface area contributed by atoms with Crippen LogP contribution in [-0.2, 0) is 31.8 Å². The third kappa shape index (κ3) is 5.81. The van der Waals surface area contributed by atoms with Gasteiger partial charge in [0.15, 0.2) is 11.3 Å². The van der Waals surface area contributed by atoms with Crippen LogP contribution in [0.5, 0.6) is 17.2 Å². The van der Waals surface area contributed by atoms with Crippen LogP contribution >= 0.6 is 11.6 Å². The minimum absolute atomic E-state index is 0.00283. The van der Waals surface area contributed by atoms with Gasteiger partial charge < -0.3 is 29.3 Å². The molecule has 0 aliphatic carbocycles. The summed E-state index contributed by atoms with van der Waals surface area (Å²) in [4.78, 5) is 30.5. The molecule has 1 unspecified atom stereocenters. The molecular weight excluding hydrogens is 683 g/mol. The SMILES string of the molecule is COc1ccc(S(=O)(=O)N2C(=O)C(c3ccc(CO)cc3OC)(N3C[C@H](O)C[C@H]3C(=O)N(C)C)c3cc(Cl)ccc32)c(OC(F)(F)F)c1. The summed E-state index contributed by atoms with van der Waals surface area (Å²) in [5, 5.41) is 20.8. The van der Waals surface area contributed by atoms with Gasteiger partial charge in [-0.05, 0) is 48.4 Å². The first kappa shape index (κ1) is 35.2. The number of aliphatic hydroxyl groups is 2. The standard InChI is InChI=1S/C31H31ClF3N3O9S/c1-36(2)28(41)24-13-19(40)15-37(24)30(21-8-5-17(16-39)11-25(21)46-4)22-12-18(32)6-9-23(22)38(29(30)42)48(43,44)27-10-7-20(45-3)14-26(27)47-31(33,34)35/h5-12,14,19,24,39-40H,13,15-16H2,1-4H3/t19-,24+,30?/m1/s1. The number of sulfonamides is 1. The first-order valence-corrected chi connectivity index (χ1v) is 16.1. The van der Waals surface area contributed by atoms with E-state index in [-0.39, 0.29) is 46.3 Å². The van der Waals surface area contributed by atoms with Gasteiger partial charge in [0.05, 0.1) is 38.7 Å². The molecule has 3 aromatic carbocycles. The lowest BCUT2D eigenvalue weighted by atomic mass is 9.80.